The van der Waals surface area contributed by atoms with Crippen LogP contribution < -0.4 is 0 Å². The smallest absolute Gasteiger partial charge is 0.163 e. The molecule has 0 N–H and O–H groups in total. The van der Waals surface area contributed by atoms with E-state index in [9.17, 15) is 0 Å². The Labute approximate surface area is 694 Å². The van der Waals surface area contributed by atoms with Crippen molar-refractivity contribution in [2.24, 2.45) is 0 Å². The lowest BCUT2D eigenvalue weighted by atomic mass is 9.98. The normalized spacial score (nSPS) is 12.5. The van der Waals surface area contributed by atoms with Crippen LogP contribution in [0.5, 0.6) is 0 Å². The third-order valence-electron chi connectivity index (χ3n) is 25.8. The van der Waals surface area contributed by atoms with Gasteiger partial charge < -0.3 is 35.3 Å². The summed E-state index contributed by atoms with van der Waals surface area (Å²) in [7, 11) is 0. The summed E-state index contributed by atoms with van der Waals surface area (Å²) >= 11 is 0. The summed E-state index contributed by atoms with van der Waals surface area (Å²) in [5.41, 5.74) is 21.7. The lowest BCUT2D eigenvalue weighted by molar-refractivity contribution is 0.663. The summed E-state index contributed by atoms with van der Waals surface area (Å²) in [6, 6.07) is 99.8. The molecule has 16 nitrogen and oxygen atoms in total. The molecule has 32 aromatic rings. The lowest BCUT2D eigenvalue weighted by Crippen LogP contribution is -1.92. The van der Waals surface area contributed by atoms with E-state index in [1.54, 1.807) is 0 Å². The van der Waals surface area contributed by atoms with E-state index < -0.39 is 0 Å². The van der Waals surface area contributed by atoms with E-state index in [1.807, 2.05) is 147 Å². The first kappa shape index (κ1) is 65.8. The Kier molecular flexibility index (Phi) is 12.9. The van der Waals surface area contributed by atoms with E-state index in [4.69, 9.17) is 35.3 Å². The summed E-state index contributed by atoms with van der Waals surface area (Å²) in [5, 5.41) is 31.0. The molecule has 0 aliphatic rings. The second-order valence-electron chi connectivity index (χ2n) is 32.0. The van der Waals surface area contributed by atoms with Crippen LogP contribution >= 0.6 is 0 Å². The molecular formula is C108H56N8O8. The molecular weight excluding hydrogens is 1540 g/mol. The zero-order chi connectivity index (χ0) is 80.4. The van der Waals surface area contributed by atoms with Gasteiger partial charge in [-0.2, -0.15) is 0 Å². The van der Waals surface area contributed by atoms with Gasteiger partial charge in [-0.1, -0.05) is 218 Å². The molecule has 32 rings (SSSR count). The van der Waals surface area contributed by atoms with Crippen molar-refractivity contribution in [3.63, 3.8) is 0 Å². The molecule has 16 aromatic heterocycles. The Hall–Kier alpha value is -17.2. The highest BCUT2D eigenvalue weighted by atomic mass is 16.4. The van der Waals surface area contributed by atoms with Crippen molar-refractivity contribution < 1.29 is 35.3 Å². The van der Waals surface area contributed by atoms with Crippen LogP contribution in [0.1, 0.15) is 0 Å². The third-order valence-corrected chi connectivity index (χ3v) is 25.8. The zero-order valence-corrected chi connectivity index (χ0v) is 65.2. The topological polar surface area (TPSA) is 174 Å². The lowest BCUT2D eigenvalue weighted by Gasteiger charge is -2.10. The minimum Gasteiger partial charge on any atom is -0.456 e. The SMILES string of the molecule is c1ccc2c(c1)oc1c2c2c3ccccc3oc2c2c1c1ccccc1c1nccn12.c1ccc2c(c1)oc1c2c2oc3ccccc3c2c2c3ccccc3c3nccn3c12.c1ccc2c(c1)oc1c2ccc2oc3c(ccc4c5ccccc5c5nccn5c43)c21.c1ccc2c(c1)oc1ccc3oc4c(ccc5c6ccccc6c6nccn6c54)c3c12. The van der Waals surface area contributed by atoms with Crippen molar-refractivity contribution in [2.75, 3.05) is 0 Å². The maximum Gasteiger partial charge on any atom is 0.163 e. The Morgan fingerprint density at radius 3 is 0.911 bits per heavy atom. The van der Waals surface area contributed by atoms with Gasteiger partial charge in [-0.05, 0) is 94.3 Å². The molecule has 124 heavy (non-hydrogen) atoms. The predicted molar refractivity (Wildman–Crippen MR) is 499 cm³/mol. The monoisotopic (exact) mass is 1590 g/mol. The molecule has 0 atom stereocenters. The van der Waals surface area contributed by atoms with Crippen LogP contribution in [-0.4, -0.2) is 37.5 Å². The molecule has 16 heteroatoms. The molecule has 0 radical (unpaired) electrons. The van der Waals surface area contributed by atoms with E-state index in [1.165, 1.54) is 10.8 Å². The van der Waals surface area contributed by atoms with Gasteiger partial charge in [-0.25, -0.2) is 19.9 Å². The first-order valence-corrected chi connectivity index (χ1v) is 41.3. The van der Waals surface area contributed by atoms with E-state index in [2.05, 4.69) is 232 Å². The number of fused-ring (bicyclic) bond motifs is 58. The van der Waals surface area contributed by atoms with Crippen LogP contribution in [0, 0.1) is 0 Å². The van der Waals surface area contributed by atoms with Gasteiger partial charge in [0.05, 0.1) is 32.7 Å². The molecule has 0 fully saturated rings. The molecule has 16 aromatic carbocycles. The molecule has 576 valence electrons. The van der Waals surface area contributed by atoms with Gasteiger partial charge in [-0.3, -0.25) is 17.6 Å². The third kappa shape index (κ3) is 8.67. The van der Waals surface area contributed by atoms with Crippen molar-refractivity contribution in [1.82, 2.24) is 37.5 Å². The fourth-order valence-corrected chi connectivity index (χ4v) is 20.7. The number of imidazole rings is 4. The summed E-state index contributed by atoms with van der Waals surface area (Å²) in [6.45, 7) is 0. The first-order chi connectivity index (χ1) is 61.6. The van der Waals surface area contributed by atoms with Gasteiger partial charge >= 0.3 is 0 Å². The number of benzene rings is 16. The minimum atomic E-state index is 0.829. The molecule has 0 saturated carbocycles. The molecule has 0 bridgehead atoms. The number of aromatic nitrogens is 8. The van der Waals surface area contributed by atoms with Crippen LogP contribution in [0.15, 0.2) is 376 Å². The van der Waals surface area contributed by atoms with E-state index >= 15 is 0 Å². The average molecular weight is 1590 g/mol. The number of hydrogen-bond acceptors (Lipinski definition) is 12. The van der Waals surface area contributed by atoms with Crippen LogP contribution in [0.2, 0.25) is 0 Å². The Balaban J connectivity index is 0.0000000828. The second kappa shape index (κ2) is 24.3. The fraction of sp³-hybridized carbons (Fsp3) is 0. The Morgan fingerprint density at radius 1 is 0.145 bits per heavy atom. The van der Waals surface area contributed by atoms with Crippen molar-refractivity contribution in [2.45, 2.75) is 0 Å². The molecule has 0 aliphatic carbocycles. The molecule has 0 unspecified atom stereocenters. The minimum absolute atomic E-state index is 0.829. The second-order valence-corrected chi connectivity index (χ2v) is 32.0. The number of nitrogens with zero attached hydrogens (tertiary/aromatic N) is 8. The number of para-hydroxylation sites is 6. The van der Waals surface area contributed by atoms with Crippen molar-refractivity contribution in [1.29, 1.82) is 0 Å². The molecule has 0 saturated heterocycles. The highest BCUT2D eigenvalue weighted by Crippen LogP contribution is 2.52. The summed E-state index contributed by atoms with van der Waals surface area (Å²) in [4.78, 5) is 18.6. The zero-order valence-electron chi connectivity index (χ0n) is 65.2. The molecule has 0 spiro atoms. The van der Waals surface area contributed by atoms with Gasteiger partial charge in [0.1, 0.15) is 95.1 Å². The number of pyridine rings is 4. The van der Waals surface area contributed by atoms with Crippen LogP contribution in [0.25, 0.3) is 285 Å². The van der Waals surface area contributed by atoms with Crippen molar-refractivity contribution >= 4 is 285 Å². The predicted octanol–water partition coefficient (Wildman–Crippen LogP) is 29.8. The standard InChI is InChI=1S/4C27H14N2O2/c1-2-8-16-15(7-1)23-24(29-14-13-28-27(16)29)26-22(18-10-4-6-12-20(18)31-26)21-17-9-3-5-11-19(17)30-25(21)23;1-2-8-16-15(7-1)21-22-17-9-3-5-11-19(17)30-25(22)23-18-10-4-6-12-20(18)31-26(23)24(21)29-14-13-28-27(16)29;1-2-7-19-15(5-1)17-9-10-20-23-22(31-26(20)24(17)29-14-13-28-27(19)29)12-11-18-16-6-3-4-8-21(16)30-25(18)23;1-2-6-17-15(5-1)16-9-10-19-24-22(31-26(19)25(16)29-14-13-28-27(17)29)12-11-21-23(24)18-7-3-4-8-20(18)30-21/h4*1-14H. The number of rotatable bonds is 0. The number of furan rings is 8. The summed E-state index contributed by atoms with van der Waals surface area (Å²) in [5.74, 6) is 0. The van der Waals surface area contributed by atoms with Crippen LogP contribution in [0.4, 0.5) is 0 Å². The van der Waals surface area contributed by atoms with Gasteiger partial charge in [0.15, 0.2) is 22.3 Å². The van der Waals surface area contributed by atoms with E-state index in [-0.39, 0.29) is 0 Å². The first-order valence-electron chi connectivity index (χ1n) is 41.3. The highest BCUT2D eigenvalue weighted by molar-refractivity contribution is 6.40. The summed E-state index contributed by atoms with van der Waals surface area (Å²) < 4.78 is 60.1. The van der Waals surface area contributed by atoms with Crippen molar-refractivity contribution in [3.8, 4) is 0 Å². The molecule has 16 heterocycles. The number of hydrogen-bond donors (Lipinski definition) is 0. The summed E-state index contributed by atoms with van der Waals surface area (Å²) in [6.07, 6.45) is 15.4. The molecule has 0 amide bonds. The van der Waals surface area contributed by atoms with Crippen molar-refractivity contribution in [3.05, 3.63) is 341 Å². The van der Waals surface area contributed by atoms with Crippen LogP contribution in [0.3, 0.4) is 0 Å². The van der Waals surface area contributed by atoms with Gasteiger partial charge in [0.25, 0.3) is 0 Å². The largest absolute Gasteiger partial charge is 0.456 e. The van der Waals surface area contributed by atoms with Crippen LogP contribution in [-0.2, 0) is 0 Å². The average Bonchev–Trinajstić information content (AvgIpc) is 1.52. The molecule has 0 aliphatic heterocycles. The fourth-order valence-electron chi connectivity index (χ4n) is 20.7. The maximum atomic E-state index is 6.55. The van der Waals surface area contributed by atoms with E-state index in [0.717, 1.165) is 274 Å². The van der Waals surface area contributed by atoms with E-state index in [0.29, 0.717) is 0 Å². The Morgan fingerprint density at radius 2 is 0.419 bits per heavy atom. The maximum absolute atomic E-state index is 6.55. The quantitative estimate of drug-likeness (QED) is 0.132. The van der Waals surface area contributed by atoms with Gasteiger partial charge in [0, 0.05) is 163 Å². The van der Waals surface area contributed by atoms with Gasteiger partial charge in [-0.15, -0.1) is 0 Å². The Bertz CT molecular complexity index is 10400. The van der Waals surface area contributed by atoms with Gasteiger partial charge in [0.2, 0.25) is 0 Å². The highest BCUT2D eigenvalue weighted by Gasteiger charge is 2.29.